The molecule has 0 fully saturated rings. The van der Waals surface area contributed by atoms with Crippen LogP contribution < -0.4 is 5.73 Å². The number of halogens is 1. The lowest BCUT2D eigenvalue weighted by Gasteiger charge is -2.18. The van der Waals surface area contributed by atoms with E-state index in [4.69, 9.17) is 5.73 Å². The van der Waals surface area contributed by atoms with Crippen LogP contribution in [0.1, 0.15) is 44.7 Å². The lowest BCUT2D eigenvalue weighted by molar-refractivity contribution is 0.414. The topological polar surface area (TPSA) is 38.9 Å². The average molecular weight is 229 g/mol. The van der Waals surface area contributed by atoms with Crippen LogP contribution in [0, 0.1) is 5.92 Å². The summed E-state index contributed by atoms with van der Waals surface area (Å²) in [5.74, 6) is 0.748. The number of nitrogens with zero attached hydrogens (tertiary/aromatic N) is 1. The molecule has 1 aromatic heterocycles. The summed E-state index contributed by atoms with van der Waals surface area (Å²) in [6.07, 6.45) is 7.13. The lowest BCUT2D eigenvalue weighted by Crippen LogP contribution is -2.14. The molecule has 1 aromatic rings. The summed E-state index contributed by atoms with van der Waals surface area (Å²) in [6, 6.07) is 4.18. The van der Waals surface area contributed by atoms with Gasteiger partial charge in [0, 0.05) is 18.4 Å². The Hall–Kier alpha value is -0.600. The van der Waals surface area contributed by atoms with Gasteiger partial charge in [0.1, 0.15) is 0 Å². The first-order valence-corrected chi connectivity index (χ1v) is 5.43. The van der Waals surface area contributed by atoms with Gasteiger partial charge in [-0.05, 0) is 30.0 Å². The first kappa shape index (κ1) is 14.4. The monoisotopic (exact) mass is 228 g/mol. The Morgan fingerprint density at radius 3 is 2.20 bits per heavy atom. The quantitative estimate of drug-likeness (QED) is 0.840. The third-order valence-electron chi connectivity index (χ3n) is 2.88. The van der Waals surface area contributed by atoms with E-state index < -0.39 is 0 Å². The van der Waals surface area contributed by atoms with E-state index in [1.807, 2.05) is 24.5 Å². The molecular weight excluding hydrogens is 208 g/mol. The van der Waals surface area contributed by atoms with Crippen molar-refractivity contribution in [3.05, 3.63) is 30.1 Å². The van der Waals surface area contributed by atoms with Crippen molar-refractivity contribution in [3.63, 3.8) is 0 Å². The first-order valence-electron chi connectivity index (χ1n) is 5.43. The molecule has 0 aromatic carbocycles. The standard InChI is InChI=1S/C12H20N2.ClH/c1-3-10(4-2)9-12(13)11-5-7-14-8-6-11;/h5-8,10,12H,3-4,9,13H2,1-2H3;1H. The van der Waals surface area contributed by atoms with Gasteiger partial charge in [0.15, 0.2) is 0 Å². The molecule has 0 spiro atoms. The second kappa shape index (κ2) is 7.66. The molecule has 1 unspecified atom stereocenters. The molecule has 0 aliphatic heterocycles. The van der Waals surface area contributed by atoms with Gasteiger partial charge in [0.25, 0.3) is 0 Å². The van der Waals surface area contributed by atoms with Crippen molar-refractivity contribution in [3.8, 4) is 0 Å². The van der Waals surface area contributed by atoms with Gasteiger partial charge >= 0.3 is 0 Å². The number of hydrogen-bond acceptors (Lipinski definition) is 2. The highest BCUT2D eigenvalue weighted by Gasteiger charge is 2.11. The maximum Gasteiger partial charge on any atom is 0.0298 e. The predicted octanol–water partition coefficient (Wildman–Crippen LogP) is 3.33. The lowest BCUT2D eigenvalue weighted by atomic mass is 9.92. The van der Waals surface area contributed by atoms with Crippen molar-refractivity contribution in [2.45, 2.75) is 39.2 Å². The van der Waals surface area contributed by atoms with Crippen LogP contribution in [0.25, 0.3) is 0 Å². The highest BCUT2D eigenvalue weighted by Crippen LogP contribution is 2.22. The number of rotatable bonds is 5. The molecule has 0 bridgehead atoms. The van der Waals surface area contributed by atoms with Gasteiger partial charge < -0.3 is 5.73 Å². The Bertz CT molecular complexity index is 247. The van der Waals surface area contributed by atoms with Gasteiger partial charge in [-0.1, -0.05) is 26.7 Å². The smallest absolute Gasteiger partial charge is 0.0298 e. The molecule has 0 amide bonds. The van der Waals surface area contributed by atoms with Crippen LogP contribution in [0.4, 0.5) is 0 Å². The minimum Gasteiger partial charge on any atom is -0.324 e. The van der Waals surface area contributed by atoms with Crippen LogP contribution in [-0.4, -0.2) is 4.98 Å². The van der Waals surface area contributed by atoms with Crippen molar-refractivity contribution in [2.75, 3.05) is 0 Å². The summed E-state index contributed by atoms with van der Waals surface area (Å²) >= 11 is 0. The van der Waals surface area contributed by atoms with E-state index >= 15 is 0 Å². The molecule has 3 heteroatoms. The van der Waals surface area contributed by atoms with Crippen LogP contribution in [0.3, 0.4) is 0 Å². The van der Waals surface area contributed by atoms with E-state index in [0.717, 1.165) is 12.3 Å². The van der Waals surface area contributed by atoms with Gasteiger partial charge in [0.2, 0.25) is 0 Å². The van der Waals surface area contributed by atoms with Crippen LogP contribution in [0.2, 0.25) is 0 Å². The van der Waals surface area contributed by atoms with Crippen molar-refractivity contribution in [1.29, 1.82) is 0 Å². The minimum absolute atomic E-state index is 0. The molecule has 1 rings (SSSR count). The van der Waals surface area contributed by atoms with E-state index in [0.29, 0.717) is 0 Å². The summed E-state index contributed by atoms with van der Waals surface area (Å²) in [5.41, 5.74) is 7.32. The molecular formula is C12H21ClN2. The zero-order chi connectivity index (χ0) is 10.4. The van der Waals surface area contributed by atoms with Gasteiger partial charge in [0.05, 0.1) is 0 Å². The van der Waals surface area contributed by atoms with E-state index in [-0.39, 0.29) is 18.4 Å². The number of aromatic nitrogens is 1. The molecule has 0 saturated carbocycles. The largest absolute Gasteiger partial charge is 0.324 e. The van der Waals surface area contributed by atoms with Crippen molar-refractivity contribution >= 4 is 12.4 Å². The summed E-state index contributed by atoms with van der Waals surface area (Å²) in [6.45, 7) is 4.46. The molecule has 0 saturated heterocycles. The second-order valence-electron chi connectivity index (χ2n) is 3.81. The fraction of sp³-hybridized carbons (Fsp3) is 0.583. The molecule has 15 heavy (non-hydrogen) atoms. The van der Waals surface area contributed by atoms with Crippen LogP contribution in [-0.2, 0) is 0 Å². The maximum absolute atomic E-state index is 6.12. The molecule has 0 radical (unpaired) electrons. The number of hydrogen-bond donors (Lipinski definition) is 1. The molecule has 0 aliphatic rings. The van der Waals surface area contributed by atoms with Crippen LogP contribution >= 0.6 is 12.4 Å². The third kappa shape index (κ3) is 4.63. The van der Waals surface area contributed by atoms with Crippen LogP contribution in [0.5, 0.6) is 0 Å². The van der Waals surface area contributed by atoms with E-state index in [2.05, 4.69) is 18.8 Å². The Kier molecular flexibility index (Phi) is 7.35. The summed E-state index contributed by atoms with van der Waals surface area (Å²) < 4.78 is 0. The number of pyridine rings is 1. The first-order chi connectivity index (χ1) is 6.77. The number of nitrogens with two attached hydrogens (primary N) is 1. The molecule has 2 N–H and O–H groups in total. The van der Waals surface area contributed by atoms with Crippen molar-refractivity contribution in [2.24, 2.45) is 11.7 Å². The summed E-state index contributed by atoms with van der Waals surface area (Å²) in [7, 11) is 0. The summed E-state index contributed by atoms with van der Waals surface area (Å²) in [4.78, 5) is 3.99. The molecule has 1 atom stereocenters. The Labute approximate surface area is 98.7 Å². The van der Waals surface area contributed by atoms with Crippen LogP contribution in [0.15, 0.2) is 24.5 Å². The zero-order valence-electron chi connectivity index (χ0n) is 9.52. The molecule has 0 aliphatic carbocycles. The fourth-order valence-electron chi connectivity index (χ4n) is 1.73. The molecule has 86 valence electrons. The van der Waals surface area contributed by atoms with Crippen molar-refractivity contribution in [1.82, 2.24) is 4.98 Å². The molecule has 1 heterocycles. The van der Waals surface area contributed by atoms with Gasteiger partial charge in [-0.25, -0.2) is 0 Å². The highest BCUT2D eigenvalue weighted by molar-refractivity contribution is 5.85. The molecule has 2 nitrogen and oxygen atoms in total. The maximum atomic E-state index is 6.12. The normalized spacial score (nSPS) is 12.3. The van der Waals surface area contributed by atoms with E-state index in [1.54, 1.807) is 0 Å². The minimum atomic E-state index is 0. The van der Waals surface area contributed by atoms with Gasteiger partial charge in [-0.2, -0.15) is 0 Å². The SMILES string of the molecule is CCC(CC)CC(N)c1ccncc1.Cl. The zero-order valence-corrected chi connectivity index (χ0v) is 10.3. The summed E-state index contributed by atoms with van der Waals surface area (Å²) in [5, 5.41) is 0. The van der Waals surface area contributed by atoms with Gasteiger partial charge in [-0.3, -0.25) is 4.98 Å². The van der Waals surface area contributed by atoms with Crippen molar-refractivity contribution < 1.29 is 0 Å². The average Bonchev–Trinajstić information content (AvgIpc) is 2.26. The second-order valence-corrected chi connectivity index (χ2v) is 3.81. The van der Waals surface area contributed by atoms with Gasteiger partial charge in [-0.15, -0.1) is 12.4 Å². The Balaban J connectivity index is 0.00000196. The Morgan fingerprint density at radius 2 is 1.73 bits per heavy atom. The fourth-order valence-corrected chi connectivity index (χ4v) is 1.73. The van der Waals surface area contributed by atoms with E-state index in [1.165, 1.54) is 18.4 Å². The Morgan fingerprint density at radius 1 is 1.20 bits per heavy atom. The predicted molar refractivity (Wildman–Crippen MR) is 67.1 cm³/mol. The third-order valence-corrected chi connectivity index (χ3v) is 2.88. The van der Waals surface area contributed by atoms with E-state index in [9.17, 15) is 0 Å². The highest BCUT2D eigenvalue weighted by atomic mass is 35.5.